The number of carbonyl (C=O) groups is 1. The van der Waals surface area contributed by atoms with E-state index in [1.165, 1.54) is 12.8 Å². The standard InChI is InChI=1S/C20H17N3O3/c24-16-9-14-13-3-1-2-4-17(13)26-18(14)7-12(16)8-20(25)21-19-10-15(22-23-19)11-5-6-11/h1-4,7,9-11,24H,5-6,8H2,(H2,21,22,23,25). The minimum absolute atomic E-state index is 0.0461. The van der Waals surface area contributed by atoms with Gasteiger partial charge in [-0.15, -0.1) is 0 Å². The maximum atomic E-state index is 12.3. The molecule has 1 aliphatic carbocycles. The van der Waals surface area contributed by atoms with Gasteiger partial charge in [0, 0.05) is 34.0 Å². The van der Waals surface area contributed by atoms with Gasteiger partial charge < -0.3 is 14.8 Å². The fraction of sp³-hybridized carbons (Fsp3) is 0.200. The SMILES string of the molecule is O=C(Cc1cc2oc3ccccc3c2cc1O)Nc1cc(C2CC2)[nH]n1. The number of aromatic hydroxyl groups is 1. The number of H-pyrrole nitrogens is 1. The highest BCUT2D eigenvalue weighted by Gasteiger charge is 2.25. The summed E-state index contributed by atoms with van der Waals surface area (Å²) in [4.78, 5) is 12.3. The lowest BCUT2D eigenvalue weighted by atomic mass is 10.1. The molecule has 0 radical (unpaired) electrons. The van der Waals surface area contributed by atoms with Crippen LogP contribution in [0.15, 0.2) is 46.9 Å². The number of anilines is 1. The third-order valence-electron chi connectivity index (χ3n) is 4.81. The first-order valence-corrected chi connectivity index (χ1v) is 8.65. The molecule has 1 aliphatic rings. The number of phenolic OH excluding ortho intramolecular Hbond substituents is 1. The second kappa shape index (κ2) is 5.62. The first-order chi connectivity index (χ1) is 12.7. The summed E-state index contributed by atoms with van der Waals surface area (Å²) in [6, 6.07) is 12.9. The number of rotatable bonds is 4. The van der Waals surface area contributed by atoms with Crippen molar-refractivity contribution in [1.29, 1.82) is 0 Å². The van der Waals surface area contributed by atoms with Crippen LogP contribution in [0, 0.1) is 0 Å². The van der Waals surface area contributed by atoms with E-state index in [1.807, 2.05) is 30.3 Å². The zero-order valence-corrected chi connectivity index (χ0v) is 14.0. The first kappa shape index (κ1) is 15.0. The smallest absolute Gasteiger partial charge is 0.230 e. The van der Waals surface area contributed by atoms with Crippen molar-refractivity contribution >= 4 is 33.7 Å². The molecule has 0 spiro atoms. The van der Waals surface area contributed by atoms with Crippen LogP contribution < -0.4 is 5.32 Å². The maximum Gasteiger partial charge on any atom is 0.230 e. The summed E-state index contributed by atoms with van der Waals surface area (Å²) in [5, 5.41) is 22.0. The van der Waals surface area contributed by atoms with Gasteiger partial charge in [-0.3, -0.25) is 9.89 Å². The fourth-order valence-electron chi connectivity index (χ4n) is 3.31. The number of hydrogen-bond acceptors (Lipinski definition) is 4. The topological polar surface area (TPSA) is 91.1 Å². The van der Waals surface area contributed by atoms with Gasteiger partial charge in [0.15, 0.2) is 5.82 Å². The summed E-state index contributed by atoms with van der Waals surface area (Å²) in [5.74, 6) is 0.915. The molecule has 130 valence electrons. The molecule has 2 aromatic carbocycles. The normalized spacial score (nSPS) is 14.2. The molecule has 1 saturated carbocycles. The Morgan fingerprint density at radius 3 is 2.88 bits per heavy atom. The van der Waals surface area contributed by atoms with Crippen molar-refractivity contribution < 1.29 is 14.3 Å². The summed E-state index contributed by atoms with van der Waals surface area (Å²) in [6.07, 6.45) is 2.38. The fourth-order valence-corrected chi connectivity index (χ4v) is 3.31. The number of nitrogens with zero attached hydrogens (tertiary/aromatic N) is 1. The van der Waals surface area contributed by atoms with Crippen LogP contribution in [-0.2, 0) is 11.2 Å². The van der Waals surface area contributed by atoms with Gasteiger partial charge in [-0.2, -0.15) is 5.10 Å². The number of aromatic amines is 1. The molecule has 5 rings (SSSR count). The highest BCUT2D eigenvalue weighted by atomic mass is 16.3. The number of fused-ring (bicyclic) bond motifs is 3. The second-order valence-electron chi connectivity index (χ2n) is 6.78. The van der Waals surface area contributed by atoms with Crippen molar-refractivity contribution in [2.75, 3.05) is 5.32 Å². The van der Waals surface area contributed by atoms with E-state index in [1.54, 1.807) is 12.1 Å². The highest BCUT2D eigenvalue weighted by molar-refractivity contribution is 6.06. The van der Waals surface area contributed by atoms with Crippen LogP contribution in [0.3, 0.4) is 0 Å². The van der Waals surface area contributed by atoms with E-state index in [0.717, 1.165) is 22.0 Å². The molecule has 3 N–H and O–H groups in total. The van der Waals surface area contributed by atoms with Crippen LogP contribution in [0.5, 0.6) is 5.75 Å². The molecule has 0 atom stereocenters. The minimum atomic E-state index is -0.232. The molecule has 4 aromatic rings. The molecule has 2 aromatic heterocycles. The minimum Gasteiger partial charge on any atom is -0.508 e. The van der Waals surface area contributed by atoms with Gasteiger partial charge in [0.1, 0.15) is 16.9 Å². The lowest BCUT2D eigenvalue weighted by molar-refractivity contribution is -0.115. The number of para-hydroxylation sites is 1. The average Bonchev–Trinajstić information content (AvgIpc) is 3.28. The molecule has 2 heterocycles. The molecule has 0 unspecified atom stereocenters. The Kier molecular flexibility index (Phi) is 3.25. The van der Waals surface area contributed by atoms with Gasteiger partial charge in [-0.25, -0.2) is 0 Å². The number of carbonyl (C=O) groups excluding carboxylic acids is 1. The van der Waals surface area contributed by atoms with Crippen molar-refractivity contribution in [2.24, 2.45) is 0 Å². The van der Waals surface area contributed by atoms with E-state index in [4.69, 9.17) is 4.42 Å². The van der Waals surface area contributed by atoms with Gasteiger partial charge in [0.2, 0.25) is 5.91 Å². The van der Waals surface area contributed by atoms with Gasteiger partial charge in [-0.1, -0.05) is 18.2 Å². The van der Waals surface area contributed by atoms with E-state index in [0.29, 0.717) is 22.9 Å². The molecule has 1 fully saturated rings. The van der Waals surface area contributed by atoms with Gasteiger partial charge in [-0.05, 0) is 31.0 Å². The summed E-state index contributed by atoms with van der Waals surface area (Å²) >= 11 is 0. The number of aromatic nitrogens is 2. The third-order valence-corrected chi connectivity index (χ3v) is 4.81. The monoisotopic (exact) mass is 347 g/mol. The highest BCUT2D eigenvalue weighted by Crippen LogP contribution is 2.39. The quantitative estimate of drug-likeness (QED) is 0.519. The summed E-state index contributed by atoms with van der Waals surface area (Å²) in [6.45, 7) is 0. The summed E-state index contributed by atoms with van der Waals surface area (Å²) in [7, 11) is 0. The van der Waals surface area contributed by atoms with E-state index >= 15 is 0 Å². The molecule has 0 bridgehead atoms. The van der Waals surface area contributed by atoms with Crippen molar-refractivity contribution in [2.45, 2.75) is 25.2 Å². The first-order valence-electron chi connectivity index (χ1n) is 8.65. The Morgan fingerprint density at radius 1 is 1.19 bits per heavy atom. The summed E-state index contributed by atoms with van der Waals surface area (Å²) < 4.78 is 5.82. The Hall–Kier alpha value is -3.28. The van der Waals surface area contributed by atoms with Gasteiger partial charge in [0.25, 0.3) is 0 Å². The molecular formula is C20H17N3O3. The molecular weight excluding hydrogens is 330 g/mol. The van der Waals surface area contributed by atoms with E-state index in [9.17, 15) is 9.90 Å². The Labute approximate surface area is 148 Å². The predicted molar refractivity (Wildman–Crippen MR) is 98.3 cm³/mol. The Morgan fingerprint density at radius 2 is 2.04 bits per heavy atom. The van der Waals surface area contributed by atoms with Crippen LogP contribution in [0.25, 0.3) is 21.9 Å². The number of hydrogen-bond donors (Lipinski definition) is 3. The number of amides is 1. The van der Waals surface area contributed by atoms with Crippen LogP contribution >= 0.6 is 0 Å². The molecule has 1 amide bonds. The van der Waals surface area contributed by atoms with Crippen molar-refractivity contribution in [3.63, 3.8) is 0 Å². The second-order valence-corrected chi connectivity index (χ2v) is 6.78. The number of nitrogens with one attached hydrogen (secondary N) is 2. The number of benzene rings is 2. The van der Waals surface area contributed by atoms with Crippen molar-refractivity contribution in [3.8, 4) is 5.75 Å². The van der Waals surface area contributed by atoms with Crippen molar-refractivity contribution in [1.82, 2.24) is 10.2 Å². The third kappa shape index (κ3) is 2.60. The average molecular weight is 347 g/mol. The summed E-state index contributed by atoms with van der Waals surface area (Å²) in [5.41, 5.74) is 2.99. The zero-order chi connectivity index (χ0) is 17.7. The van der Waals surface area contributed by atoms with Crippen LogP contribution in [0.2, 0.25) is 0 Å². The molecule has 0 saturated heterocycles. The van der Waals surface area contributed by atoms with Crippen LogP contribution in [0.4, 0.5) is 5.82 Å². The lowest BCUT2D eigenvalue weighted by Crippen LogP contribution is -2.14. The molecule has 6 heteroatoms. The van der Waals surface area contributed by atoms with Crippen molar-refractivity contribution in [3.05, 3.63) is 53.7 Å². The van der Waals surface area contributed by atoms with Gasteiger partial charge in [0.05, 0.1) is 6.42 Å². The van der Waals surface area contributed by atoms with Crippen LogP contribution in [0.1, 0.15) is 30.0 Å². The van der Waals surface area contributed by atoms with Crippen LogP contribution in [-0.4, -0.2) is 21.2 Å². The number of furan rings is 1. The Balaban J connectivity index is 1.39. The predicted octanol–water partition coefficient (Wildman–Crippen LogP) is 4.07. The maximum absolute atomic E-state index is 12.3. The lowest BCUT2D eigenvalue weighted by Gasteiger charge is -2.05. The number of phenols is 1. The van der Waals surface area contributed by atoms with E-state index in [-0.39, 0.29) is 18.1 Å². The largest absolute Gasteiger partial charge is 0.508 e. The zero-order valence-electron chi connectivity index (χ0n) is 14.0. The van der Waals surface area contributed by atoms with E-state index < -0.39 is 0 Å². The molecule has 0 aliphatic heterocycles. The van der Waals surface area contributed by atoms with E-state index in [2.05, 4.69) is 15.5 Å². The molecule has 6 nitrogen and oxygen atoms in total. The molecule has 26 heavy (non-hydrogen) atoms. The Bertz CT molecular complexity index is 1140. The van der Waals surface area contributed by atoms with Gasteiger partial charge >= 0.3 is 0 Å².